The number of nitrogens with zero attached hydrogens (tertiary/aromatic N) is 1. The van der Waals surface area contributed by atoms with Gasteiger partial charge in [-0.25, -0.2) is 4.39 Å². The average Bonchev–Trinajstić information content (AvgIpc) is 2.59. The van der Waals surface area contributed by atoms with Crippen LogP contribution in [0, 0.1) is 5.82 Å². The van der Waals surface area contributed by atoms with E-state index in [0.717, 1.165) is 19.3 Å². The number of likely N-dealkylation sites (N-methyl/N-ethyl adjacent to an activating group) is 1. The number of carbonyl (C=O) groups is 1. The molecule has 3 nitrogen and oxygen atoms in total. The zero-order valence-corrected chi connectivity index (χ0v) is 14.3. The van der Waals surface area contributed by atoms with Crippen molar-refractivity contribution in [1.29, 1.82) is 0 Å². The Bertz CT molecular complexity index is 750. The Labute approximate surface area is 146 Å². The normalized spacial score (nSPS) is 16.4. The molecule has 0 saturated carbocycles. The van der Waals surface area contributed by atoms with Gasteiger partial charge in [-0.05, 0) is 48.6 Å². The molecule has 1 N–H and O–H groups in total. The molecule has 2 aromatic carbocycles. The number of nitrogens with one attached hydrogen (secondary N) is 1. The fourth-order valence-corrected chi connectivity index (χ4v) is 3.47. The molecule has 0 aromatic heterocycles. The third-order valence-corrected chi connectivity index (χ3v) is 4.87. The average molecular weight is 347 g/mol. The van der Waals surface area contributed by atoms with E-state index in [1.165, 1.54) is 23.3 Å². The minimum atomic E-state index is -0.396. The molecule has 0 saturated heterocycles. The van der Waals surface area contributed by atoms with E-state index in [9.17, 15) is 9.18 Å². The molecule has 2 aromatic rings. The van der Waals surface area contributed by atoms with Crippen molar-refractivity contribution in [3.8, 4) is 0 Å². The van der Waals surface area contributed by atoms with E-state index in [1.807, 2.05) is 19.2 Å². The SMILES string of the molecule is CN(C(=O)CNc1ccc(F)cc1Cl)C1CCCc2ccccc21. The first-order valence-electron chi connectivity index (χ1n) is 8.08. The second-order valence-corrected chi connectivity index (χ2v) is 6.50. The maximum atomic E-state index is 13.1. The van der Waals surface area contributed by atoms with Crippen LogP contribution in [0.2, 0.25) is 5.02 Å². The van der Waals surface area contributed by atoms with Gasteiger partial charge in [0, 0.05) is 7.05 Å². The lowest BCUT2D eigenvalue weighted by molar-refractivity contribution is -0.130. The molecule has 1 amide bonds. The van der Waals surface area contributed by atoms with Crippen LogP contribution in [0.25, 0.3) is 0 Å². The molecule has 0 radical (unpaired) electrons. The van der Waals surface area contributed by atoms with E-state index in [-0.39, 0.29) is 23.5 Å². The summed E-state index contributed by atoms with van der Waals surface area (Å²) in [6.07, 6.45) is 3.12. The molecular formula is C19H20ClFN2O. The van der Waals surface area contributed by atoms with Crippen LogP contribution in [0.15, 0.2) is 42.5 Å². The van der Waals surface area contributed by atoms with Crippen LogP contribution < -0.4 is 5.32 Å². The number of hydrogen-bond acceptors (Lipinski definition) is 2. The first-order chi connectivity index (χ1) is 11.6. The number of fused-ring (bicyclic) bond motifs is 1. The lowest BCUT2D eigenvalue weighted by Crippen LogP contribution is -2.37. The van der Waals surface area contributed by atoms with Gasteiger partial charge in [0.15, 0.2) is 0 Å². The molecule has 0 aliphatic heterocycles. The van der Waals surface area contributed by atoms with Gasteiger partial charge in [0.05, 0.1) is 23.3 Å². The number of amides is 1. The summed E-state index contributed by atoms with van der Waals surface area (Å²) >= 11 is 5.98. The number of carbonyl (C=O) groups excluding carboxylic acids is 1. The lowest BCUT2D eigenvalue weighted by Gasteiger charge is -2.33. The number of anilines is 1. The number of aryl methyl sites for hydroxylation is 1. The largest absolute Gasteiger partial charge is 0.375 e. The Morgan fingerprint density at radius 3 is 2.92 bits per heavy atom. The lowest BCUT2D eigenvalue weighted by atomic mass is 9.87. The molecule has 3 rings (SSSR count). The maximum absolute atomic E-state index is 13.1. The van der Waals surface area contributed by atoms with Gasteiger partial charge in [-0.3, -0.25) is 4.79 Å². The third kappa shape index (κ3) is 3.54. The molecular weight excluding hydrogens is 327 g/mol. The van der Waals surface area contributed by atoms with Gasteiger partial charge in [0.25, 0.3) is 0 Å². The molecule has 0 bridgehead atoms. The molecule has 0 spiro atoms. The topological polar surface area (TPSA) is 32.3 Å². The van der Waals surface area contributed by atoms with Crippen molar-refractivity contribution >= 4 is 23.2 Å². The van der Waals surface area contributed by atoms with E-state index < -0.39 is 5.82 Å². The Kier molecular flexibility index (Phi) is 5.05. The quantitative estimate of drug-likeness (QED) is 0.888. The summed E-state index contributed by atoms with van der Waals surface area (Å²) in [5, 5.41) is 3.27. The highest BCUT2D eigenvalue weighted by Crippen LogP contribution is 2.33. The van der Waals surface area contributed by atoms with E-state index in [4.69, 9.17) is 11.6 Å². The summed E-state index contributed by atoms with van der Waals surface area (Å²) < 4.78 is 13.1. The first kappa shape index (κ1) is 16.8. The number of halogens is 2. The summed E-state index contributed by atoms with van der Waals surface area (Å²) in [5.74, 6) is -0.412. The molecule has 1 atom stereocenters. The van der Waals surface area contributed by atoms with Crippen molar-refractivity contribution in [3.05, 3.63) is 64.4 Å². The Morgan fingerprint density at radius 1 is 1.33 bits per heavy atom. The van der Waals surface area contributed by atoms with E-state index in [1.54, 1.807) is 11.0 Å². The zero-order valence-electron chi connectivity index (χ0n) is 13.6. The van der Waals surface area contributed by atoms with Gasteiger partial charge in [-0.1, -0.05) is 35.9 Å². The van der Waals surface area contributed by atoms with Gasteiger partial charge in [-0.15, -0.1) is 0 Å². The molecule has 1 aliphatic carbocycles. The zero-order chi connectivity index (χ0) is 17.1. The van der Waals surface area contributed by atoms with Gasteiger partial charge in [0.2, 0.25) is 5.91 Å². The number of rotatable bonds is 4. The second kappa shape index (κ2) is 7.22. The smallest absolute Gasteiger partial charge is 0.242 e. The van der Waals surface area contributed by atoms with Crippen LogP contribution in [0.1, 0.15) is 30.0 Å². The number of benzene rings is 2. The van der Waals surface area contributed by atoms with Gasteiger partial charge in [-0.2, -0.15) is 0 Å². The van der Waals surface area contributed by atoms with Crippen molar-refractivity contribution < 1.29 is 9.18 Å². The molecule has 1 unspecified atom stereocenters. The van der Waals surface area contributed by atoms with E-state index in [2.05, 4.69) is 17.4 Å². The molecule has 5 heteroatoms. The van der Waals surface area contributed by atoms with Crippen LogP contribution in [0.5, 0.6) is 0 Å². The maximum Gasteiger partial charge on any atom is 0.242 e. The van der Waals surface area contributed by atoms with Gasteiger partial charge >= 0.3 is 0 Å². The Hall–Kier alpha value is -2.07. The highest BCUT2D eigenvalue weighted by atomic mass is 35.5. The molecule has 24 heavy (non-hydrogen) atoms. The van der Waals surface area contributed by atoms with Crippen molar-refractivity contribution in [1.82, 2.24) is 4.90 Å². The van der Waals surface area contributed by atoms with Crippen LogP contribution in [-0.2, 0) is 11.2 Å². The van der Waals surface area contributed by atoms with Crippen molar-refractivity contribution in [3.63, 3.8) is 0 Å². The second-order valence-electron chi connectivity index (χ2n) is 6.09. The summed E-state index contributed by atoms with van der Waals surface area (Å²) in [6, 6.07) is 12.5. The summed E-state index contributed by atoms with van der Waals surface area (Å²) in [6.45, 7) is 0.126. The van der Waals surface area contributed by atoms with Crippen molar-refractivity contribution in [2.75, 3.05) is 18.9 Å². The Morgan fingerprint density at radius 2 is 2.12 bits per heavy atom. The van der Waals surface area contributed by atoms with Crippen molar-refractivity contribution in [2.45, 2.75) is 25.3 Å². The highest BCUT2D eigenvalue weighted by Gasteiger charge is 2.26. The minimum absolute atomic E-state index is 0.0166. The summed E-state index contributed by atoms with van der Waals surface area (Å²) in [4.78, 5) is 14.3. The third-order valence-electron chi connectivity index (χ3n) is 4.56. The molecule has 0 heterocycles. The predicted molar refractivity (Wildman–Crippen MR) is 94.8 cm³/mol. The standard InChI is InChI=1S/C19H20ClFN2O/c1-23(18-8-4-6-13-5-2-3-7-15(13)18)19(24)12-22-17-10-9-14(21)11-16(17)20/h2-3,5,7,9-11,18,22H,4,6,8,12H2,1H3. The fourth-order valence-electron chi connectivity index (χ4n) is 3.23. The first-order valence-corrected chi connectivity index (χ1v) is 8.46. The summed E-state index contributed by atoms with van der Waals surface area (Å²) in [5.41, 5.74) is 3.12. The monoisotopic (exact) mass is 346 g/mol. The molecule has 1 aliphatic rings. The predicted octanol–water partition coefficient (Wildman–Crippen LogP) is 4.43. The molecule has 126 valence electrons. The van der Waals surface area contributed by atoms with Crippen LogP contribution in [0.3, 0.4) is 0 Å². The van der Waals surface area contributed by atoms with Gasteiger partial charge < -0.3 is 10.2 Å². The van der Waals surface area contributed by atoms with Crippen LogP contribution in [-0.4, -0.2) is 24.4 Å². The van der Waals surface area contributed by atoms with Crippen LogP contribution >= 0.6 is 11.6 Å². The van der Waals surface area contributed by atoms with E-state index >= 15 is 0 Å². The van der Waals surface area contributed by atoms with Crippen LogP contribution in [0.4, 0.5) is 10.1 Å². The fraction of sp³-hybridized carbons (Fsp3) is 0.316. The summed E-state index contributed by atoms with van der Waals surface area (Å²) in [7, 11) is 1.84. The highest BCUT2D eigenvalue weighted by molar-refractivity contribution is 6.33. The minimum Gasteiger partial charge on any atom is -0.375 e. The van der Waals surface area contributed by atoms with Crippen molar-refractivity contribution in [2.24, 2.45) is 0 Å². The van der Waals surface area contributed by atoms with Gasteiger partial charge in [0.1, 0.15) is 5.82 Å². The van der Waals surface area contributed by atoms with E-state index in [0.29, 0.717) is 5.69 Å². The number of hydrogen-bond donors (Lipinski definition) is 1. The Balaban J connectivity index is 1.67. The molecule has 0 fully saturated rings.